The Labute approximate surface area is 108 Å². The van der Waals surface area contributed by atoms with Crippen molar-refractivity contribution in [3.05, 3.63) is 23.8 Å². The number of ether oxygens (including phenoxy) is 3. The fourth-order valence-electron chi connectivity index (χ4n) is 2.03. The largest absolute Gasteiger partial charge is 0.490 e. The van der Waals surface area contributed by atoms with Crippen molar-refractivity contribution in [2.24, 2.45) is 5.73 Å². The van der Waals surface area contributed by atoms with Crippen LogP contribution in [0.4, 0.5) is 0 Å². The summed E-state index contributed by atoms with van der Waals surface area (Å²) in [5.74, 6) is 1.53. The lowest BCUT2D eigenvalue weighted by Crippen LogP contribution is -2.16. The highest BCUT2D eigenvalue weighted by Gasteiger charge is 2.17. The predicted octanol–water partition coefficient (Wildman–Crippen LogP) is 2.10. The van der Waals surface area contributed by atoms with Gasteiger partial charge in [0, 0.05) is 13.2 Å². The van der Waals surface area contributed by atoms with Crippen LogP contribution in [0.1, 0.15) is 25.3 Å². The molecule has 0 bridgehead atoms. The summed E-state index contributed by atoms with van der Waals surface area (Å²) in [4.78, 5) is 0. The predicted molar refractivity (Wildman–Crippen MR) is 70.0 cm³/mol. The molecule has 1 aliphatic heterocycles. The van der Waals surface area contributed by atoms with Crippen LogP contribution < -0.4 is 15.2 Å². The van der Waals surface area contributed by atoms with Crippen LogP contribution in [0.3, 0.4) is 0 Å². The molecule has 0 aromatic heterocycles. The van der Waals surface area contributed by atoms with Crippen LogP contribution in [-0.4, -0.2) is 25.9 Å². The minimum atomic E-state index is 0.216. The number of nitrogens with two attached hydrogens (primary N) is 1. The van der Waals surface area contributed by atoms with E-state index >= 15 is 0 Å². The van der Waals surface area contributed by atoms with Gasteiger partial charge in [0.1, 0.15) is 6.61 Å². The van der Waals surface area contributed by atoms with E-state index in [1.807, 2.05) is 25.1 Å². The number of benzene rings is 1. The summed E-state index contributed by atoms with van der Waals surface area (Å²) in [6.45, 7) is 4.51. The minimum absolute atomic E-state index is 0.216. The van der Waals surface area contributed by atoms with Gasteiger partial charge in [0.15, 0.2) is 11.5 Å². The second kappa shape index (κ2) is 6.61. The van der Waals surface area contributed by atoms with E-state index in [1.165, 1.54) is 0 Å². The van der Waals surface area contributed by atoms with Gasteiger partial charge in [-0.25, -0.2) is 0 Å². The molecule has 100 valence electrons. The van der Waals surface area contributed by atoms with Crippen molar-refractivity contribution < 1.29 is 14.2 Å². The van der Waals surface area contributed by atoms with E-state index in [4.69, 9.17) is 19.9 Å². The van der Waals surface area contributed by atoms with Crippen molar-refractivity contribution in [3.8, 4) is 11.5 Å². The molecule has 0 spiro atoms. The molecule has 2 N–H and O–H groups in total. The Bertz CT molecular complexity index is 375. The van der Waals surface area contributed by atoms with Crippen LogP contribution in [0.15, 0.2) is 18.2 Å². The number of hydrogen-bond donors (Lipinski definition) is 1. The van der Waals surface area contributed by atoms with Gasteiger partial charge in [0.05, 0.1) is 12.7 Å². The summed E-state index contributed by atoms with van der Waals surface area (Å²) in [5.41, 5.74) is 6.67. The normalized spacial score (nSPS) is 18.9. The van der Waals surface area contributed by atoms with Gasteiger partial charge in [-0.15, -0.1) is 0 Å². The zero-order valence-corrected chi connectivity index (χ0v) is 10.9. The molecule has 0 amide bonds. The van der Waals surface area contributed by atoms with Crippen molar-refractivity contribution in [3.63, 3.8) is 0 Å². The maximum Gasteiger partial charge on any atom is 0.161 e. The van der Waals surface area contributed by atoms with Gasteiger partial charge in [0.25, 0.3) is 0 Å². The average molecular weight is 251 g/mol. The molecule has 18 heavy (non-hydrogen) atoms. The number of rotatable bonds is 6. The monoisotopic (exact) mass is 251 g/mol. The third-order valence-corrected chi connectivity index (χ3v) is 2.99. The van der Waals surface area contributed by atoms with E-state index in [1.54, 1.807) is 0 Å². The van der Waals surface area contributed by atoms with Crippen LogP contribution >= 0.6 is 0 Å². The summed E-state index contributed by atoms with van der Waals surface area (Å²) < 4.78 is 16.9. The third-order valence-electron chi connectivity index (χ3n) is 2.99. The molecule has 1 fully saturated rings. The molecular weight excluding hydrogens is 230 g/mol. The van der Waals surface area contributed by atoms with E-state index in [2.05, 4.69) is 0 Å². The van der Waals surface area contributed by atoms with Crippen molar-refractivity contribution >= 4 is 0 Å². The quantitative estimate of drug-likeness (QED) is 0.841. The van der Waals surface area contributed by atoms with Gasteiger partial charge >= 0.3 is 0 Å². The van der Waals surface area contributed by atoms with Crippen LogP contribution in [-0.2, 0) is 11.3 Å². The van der Waals surface area contributed by atoms with E-state index in [0.29, 0.717) is 19.8 Å². The summed E-state index contributed by atoms with van der Waals surface area (Å²) in [7, 11) is 0. The molecule has 2 rings (SSSR count). The molecule has 1 aromatic rings. The Morgan fingerprint density at radius 2 is 2.22 bits per heavy atom. The fourth-order valence-corrected chi connectivity index (χ4v) is 2.03. The first-order chi connectivity index (χ1) is 8.83. The van der Waals surface area contributed by atoms with Gasteiger partial charge in [-0.3, -0.25) is 0 Å². The Hall–Kier alpha value is -1.26. The van der Waals surface area contributed by atoms with E-state index in [-0.39, 0.29) is 6.10 Å². The molecule has 4 nitrogen and oxygen atoms in total. The van der Waals surface area contributed by atoms with E-state index in [0.717, 1.165) is 36.5 Å². The van der Waals surface area contributed by atoms with E-state index < -0.39 is 0 Å². The molecule has 1 saturated heterocycles. The van der Waals surface area contributed by atoms with Crippen LogP contribution in [0.5, 0.6) is 11.5 Å². The summed E-state index contributed by atoms with van der Waals surface area (Å²) in [5, 5.41) is 0. The summed E-state index contributed by atoms with van der Waals surface area (Å²) >= 11 is 0. The van der Waals surface area contributed by atoms with Crippen LogP contribution in [0.25, 0.3) is 0 Å². The SMILES string of the molecule is CCOc1cc(CN)ccc1OCC1CCCO1. The second-order valence-corrected chi connectivity index (χ2v) is 4.36. The molecule has 0 saturated carbocycles. The third kappa shape index (κ3) is 3.37. The molecule has 0 radical (unpaired) electrons. The van der Waals surface area contributed by atoms with Crippen LogP contribution in [0.2, 0.25) is 0 Å². The lowest BCUT2D eigenvalue weighted by molar-refractivity contribution is 0.0667. The van der Waals surface area contributed by atoms with E-state index in [9.17, 15) is 0 Å². The topological polar surface area (TPSA) is 53.7 Å². The molecule has 1 atom stereocenters. The molecule has 4 heteroatoms. The highest BCUT2D eigenvalue weighted by atomic mass is 16.5. The Morgan fingerprint density at radius 3 is 2.89 bits per heavy atom. The zero-order valence-electron chi connectivity index (χ0n) is 10.9. The average Bonchev–Trinajstić information content (AvgIpc) is 2.90. The molecule has 1 aliphatic rings. The lowest BCUT2D eigenvalue weighted by atomic mass is 10.2. The Morgan fingerprint density at radius 1 is 1.33 bits per heavy atom. The summed E-state index contributed by atoms with van der Waals surface area (Å²) in [6, 6.07) is 5.82. The first-order valence-electron chi connectivity index (χ1n) is 6.53. The Kier molecular flexibility index (Phi) is 4.84. The molecule has 1 aromatic carbocycles. The van der Waals surface area contributed by atoms with Crippen LogP contribution in [0, 0.1) is 0 Å². The molecular formula is C14H21NO3. The van der Waals surface area contributed by atoms with Gasteiger partial charge < -0.3 is 19.9 Å². The van der Waals surface area contributed by atoms with Gasteiger partial charge in [0.2, 0.25) is 0 Å². The zero-order chi connectivity index (χ0) is 12.8. The van der Waals surface area contributed by atoms with Crippen molar-refractivity contribution in [1.82, 2.24) is 0 Å². The minimum Gasteiger partial charge on any atom is -0.490 e. The maximum absolute atomic E-state index is 5.78. The first-order valence-corrected chi connectivity index (χ1v) is 6.53. The smallest absolute Gasteiger partial charge is 0.161 e. The van der Waals surface area contributed by atoms with Crippen molar-refractivity contribution in [2.75, 3.05) is 19.8 Å². The lowest BCUT2D eigenvalue weighted by Gasteiger charge is -2.15. The van der Waals surface area contributed by atoms with Crippen molar-refractivity contribution in [2.45, 2.75) is 32.4 Å². The number of hydrogen-bond acceptors (Lipinski definition) is 4. The van der Waals surface area contributed by atoms with Gasteiger partial charge in [-0.05, 0) is 37.5 Å². The molecule has 0 aliphatic carbocycles. The highest BCUT2D eigenvalue weighted by molar-refractivity contribution is 5.43. The maximum atomic E-state index is 5.78. The fraction of sp³-hybridized carbons (Fsp3) is 0.571. The molecule has 1 heterocycles. The second-order valence-electron chi connectivity index (χ2n) is 4.36. The standard InChI is InChI=1S/C14H21NO3/c1-2-16-14-8-11(9-15)5-6-13(14)18-10-12-4-3-7-17-12/h5-6,8,12H,2-4,7,9-10,15H2,1H3. The Balaban J connectivity index is 2.00. The van der Waals surface area contributed by atoms with Gasteiger partial charge in [-0.2, -0.15) is 0 Å². The van der Waals surface area contributed by atoms with Crippen molar-refractivity contribution in [1.29, 1.82) is 0 Å². The molecule has 1 unspecified atom stereocenters. The first kappa shape index (κ1) is 13.2. The van der Waals surface area contributed by atoms with Gasteiger partial charge in [-0.1, -0.05) is 6.07 Å². The summed E-state index contributed by atoms with van der Waals surface area (Å²) in [6.07, 6.45) is 2.41. The highest BCUT2D eigenvalue weighted by Crippen LogP contribution is 2.29.